The van der Waals surface area contributed by atoms with Crippen LogP contribution in [-0.2, 0) is 0 Å². The molecule has 0 radical (unpaired) electrons. The minimum atomic E-state index is -1.27. The van der Waals surface area contributed by atoms with Crippen molar-refractivity contribution in [3.63, 3.8) is 0 Å². The van der Waals surface area contributed by atoms with Gasteiger partial charge >= 0.3 is 5.97 Å². The minimum absolute atomic E-state index is 0.0112. The first kappa shape index (κ1) is 9.12. The summed E-state index contributed by atoms with van der Waals surface area (Å²) in [6.07, 6.45) is 0.826. The molecule has 0 aromatic heterocycles. The van der Waals surface area contributed by atoms with Crippen molar-refractivity contribution < 1.29 is 19.5 Å². The highest BCUT2D eigenvalue weighted by atomic mass is 16.4. The third-order valence-corrected chi connectivity index (χ3v) is 1.60. The zero-order valence-corrected chi connectivity index (χ0v) is 6.56. The third-order valence-electron chi connectivity index (χ3n) is 1.60. The van der Waals surface area contributed by atoms with Gasteiger partial charge in [0, 0.05) is 11.1 Å². The molecule has 0 fully saturated rings. The molecule has 0 amide bonds. The van der Waals surface area contributed by atoms with Crippen LogP contribution in [0.4, 0.5) is 0 Å². The summed E-state index contributed by atoms with van der Waals surface area (Å²) < 4.78 is 0. The Morgan fingerprint density at radius 1 is 1.15 bits per heavy atom. The van der Waals surface area contributed by atoms with E-state index in [2.05, 4.69) is 0 Å². The molecule has 0 spiro atoms. The van der Waals surface area contributed by atoms with Gasteiger partial charge in [0.15, 0.2) is 12.6 Å². The van der Waals surface area contributed by atoms with Gasteiger partial charge in [-0.25, -0.2) is 4.79 Å². The summed E-state index contributed by atoms with van der Waals surface area (Å²) in [5.41, 5.74) is -0.221. The monoisotopic (exact) mass is 178 g/mol. The summed E-state index contributed by atoms with van der Waals surface area (Å²) >= 11 is 0. The molecule has 66 valence electrons. The Morgan fingerprint density at radius 3 is 1.92 bits per heavy atom. The second-order valence-corrected chi connectivity index (χ2v) is 2.35. The van der Waals surface area contributed by atoms with Gasteiger partial charge in [-0.15, -0.1) is 0 Å². The summed E-state index contributed by atoms with van der Waals surface area (Å²) in [6.45, 7) is 0. The quantitative estimate of drug-likeness (QED) is 0.701. The molecule has 4 nitrogen and oxygen atoms in total. The normalized spacial score (nSPS) is 9.23. The van der Waals surface area contributed by atoms with E-state index in [-0.39, 0.29) is 16.7 Å². The van der Waals surface area contributed by atoms with Crippen molar-refractivity contribution in [2.45, 2.75) is 0 Å². The Hall–Kier alpha value is -1.97. The van der Waals surface area contributed by atoms with Crippen LogP contribution in [0.3, 0.4) is 0 Å². The molecule has 0 aliphatic rings. The zero-order valence-electron chi connectivity index (χ0n) is 6.56. The van der Waals surface area contributed by atoms with Gasteiger partial charge in [0.25, 0.3) is 0 Å². The van der Waals surface area contributed by atoms with Crippen molar-refractivity contribution in [1.29, 1.82) is 0 Å². The van der Waals surface area contributed by atoms with Gasteiger partial charge in [0.2, 0.25) is 0 Å². The lowest BCUT2D eigenvalue weighted by Crippen LogP contribution is -2.06. The fraction of sp³-hybridized carbons (Fsp3) is 0. The summed E-state index contributed by atoms with van der Waals surface area (Å²) in [5, 5.41) is 8.69. The number of carboxylic acids is 1. The molecule has 4 heteroatoms. The van der Waals surface area contributed by atoms with E-state index < -0.39 is 5.97 Å². The van der Waals surface area contributed by atoms with Crippen LogP contribution < -0.4 is 0 Å². The van der Waals surface area contributed by atoms with E-state index in [1.807, 2.05) is 0 Å². The molecule has 13 heavy (non-hydrogen) atoms. The molecule has 1 aromatic carbocycles. The first-order valence-electron chi connectivity index (χ1n) is 3.47. The Bertz CT molecular complexity index is 342. The van der Waals surface area contributed by atoms with Crippen molar-refractivity contribution in [1.82, 2.24) is 0 Å². The number of hydrogen-bond acceptors (Lipinski definition) is 3. The minimum Gasteiger partial charge on any atom is -0.478 e. The molecule has 1 aromatic rings. The SMILES string of the molecule is O=Cc1cccc(C=O)c1C(=O)O. The molecule has 0 aliphatic carbocycles. The second-order valence-electron chi connectivity index (χ2n) is 2.35. The number of carbonyl (C=O) groups excluding carboxylic acids is 2. The molecule has 1 rings (SSSR count). The average Bonchev–Trinajstić information content (AvgIpc) is 2.16. The van der Waals surface area contributed by atoms with Crippen LogP contribution >= 0.6 is 0 Å². The fourth-order valence-electron chi connectivity index (χ4n) is 1.03. The highest BCUT2D eigenvalue weighted by Crippen LogP contribution is 2.11. The molecule has 0 aliphatic heterocycles. The van der Waals surface area contributed by atoms with Gasteiger partial charge in [-0.1, -0.05) is 18.2 Å². The summed E-state index contributed by atoms with van der Waals surface area (Å²) in [5.74, 6) is -1.27. The maximum absolute atomic E-state index is 10.6. The number of carboxylic acid groups (broad SMARTS) is 1. The number of aromatic carboxylic acids is 1. The van der Waals surface area contributed by atoms with Crippen molar-refractivity contribution in [3.8, 4) is 0 Å². The van der Waals surface area contributed by atoms with Gasteiger partial charge in [-0.2, -0.15) is 0 Å². The van der Waals surface area contributed by atoms with Crippen molar-refractivity contribution in [2.75, 3.05) is 0 Å². The fourth-order valence-corrected chi connectivity index (χ4v) is 1.03. The van der Waals surface area contributed by atoms with E-state index in [0.29, 0.717) is 12.6 Å². The lowest BCUT2D eigenvalue weighted by atomic mass is 10.0. The summed E-state index contributed by atoms with van der Waals surface area (Å²) in [6, 6.07) is 4.16. The maximum atomic E-state index is 10.6. The third kappa shape index (κ3) is 1.61. The smallest absolute Gasteiger partial charge is 0.337 e. The predicted octanol–water partition coefficient (Wildman–Crippen LogP) is 1.01. The van der Waals surface area contributed by atoms with Crippen LogP contribution in [0, 0.1) is 0 Å². The molecule has 0 bridgehead atoms. The Kier molecular flexibility index (Phi) is 2.54. The second kappa shape index (κ2) is 3.62. The highest BCUT2D eigenvalue weighted by Gasteiger charge is 2.13. The lowest BCUT2D eigenvalue weighted by molar-refractivity contribution is 0.0691. The Labute approximate surface area is 73.8 Å². The summed E-state index contributed by atoms with van der Waals surface area (Å²) in [7, 11) is 0. The molecule has 0 saturated carbocycles. The van der Waals surface area contributed by atoms with Gasteiger partial charge < -0.3 is 5.11 Å². The number of aldehydes is 2. The average molecular weight is 178 g/mol. The van der Waals surface area contributed by atoms with E-state index in [4.69, 9.17) is 5.11 Å². The zero-order chi connectivity index (χ0) is 9.84. The molecule has 1 N–H and O–H groups in total. The van der Waals surface area contributed by atoms with Gasteiger partial charge in [0.05, 0.1) is 5.56 Å². The van der Waals surface area contributed by atoms with Gasteiger partial charge in [0.1, 0.15) is 0 Å². The Balaban J connectivity index is 3.46. The molecule has 0 saturated heterocycles. The highest BCUT2D eigenvalue weighted by molar-refractivity contribution is 6.03. The largest absolute Gasteiger partial charge is 0.478 e. The van der Waals surface area contributed by atoms with Gasteiger partial charge in [-0.3, -0.25) is 9.59 Å². The van der Waals surface area contributed by atoms with E-state index in [1.165, 1.54) is 18.2 Å². The maximum Gasteiger partial charge on any atom is 0.337 e. The number of rotatable bonds is 3. The van der Waals surface area contributed by atoms with E-state index in [0.717, 1.165) is 0 Å². The molecular weight excluding hydrogens is 172 g/mol. The van der Waals surface area contributed by atoms with E-state index >= 15 is 0 Å². The molecule has 0 heterocycles. The van der Waals surface area contributed by atoms with Crippen LogP contribution in [0.1, 0.15) is 31.1 Å². The number of carbonyl (C=O) groups is 3. The lowest BCUT2D eigenvalue weighted by Gasteiger charge is -2.00. The van der Waals surface area contributed by atoms with Crippen molar-refractivity contribution in [3.05, 3.63) is 34.9 Å². The molecule has 0 atom stereocenters. The topological polar surface area (TPSA) is 71.4 Å². The van der Waals surface area contributed by atoms with Crippen molar-refractivity contribution in [2.24, 2.45) is 0 Å². The van der Waals surface area contributed by atoms with Crippen LogP contribution in [0.2, 0.25) is 0 Å². The number of benzene rings is 1. The van der Waals surface area contributed by atoms with Crippen molar-refractivity contribution >= 4 is 18.5 Å². The van der Waals surface area contributed by atoms with Crippen LogP contribution in [0.15, 0.2) is 18.2 Å². The first-order valence-corrected chi connectivity index (χ1v) is 3.47. The first-order chi connectivity index (χ1) is 6.20. The predicted molar refractivity (Wildman–Crippen MR) is 44.2 cm³/mol. The summed E-state index contributed by atoms with van der Waals surface area (Å²) in [4.78, 5) is 31.5. The standard InChI is InChI=1S/C9H6O4/c10-4-6-2-1-3-7(5-11)8(6)9(12)13/h1-5H,(H,12,13). The van der Waals surface area contributed by atoms with E-state index in [1.54, 1.807) is 0 Å². The Morgan fingerprint density at radius 2 is 1.62 bits per heavy atom. The van der Waals surface area contributed by atoms with Crippen LogP contribution in [0.5, 0.6) is 0 Å². The molecular formula is C9H6O4. The number of hydrogen-bond donors (Lipinski definition) is 1. The molecule has 0 unspecified atom stereocenters. The van der Waals surface area contributed by atoms with Crippen LogP contribution in [0.25, 0.3) is 0 Å². The van der Waals surface area contributed by atoms with Crippen LogP contribution in [-0.4, -0.2) is 23.6 Å². The van der Waals surface area contributed by atoms with Gasteiger partial charge in [-0.05, 0) is 0 Å². The van der Waals surface area contributed by atoms with E-state index in [9.17, 15) is 14.4 Å².